The summed E-state index contributed by atoms with van der Waals surface area (Å²) in [6.07, 6.45) is 5.45. The number of nitrogens with one attached hydrogen (secondary N) is 1. The highest BCUT2D eigenvalue weighted by Crippen LogP contribution is 2.46. The van der Waals surface area contributed by atoms with Crippen LogP contribution in [0.25, 0.3) is 0 Å². The average molecular weight is 255 g/mol. The predicted octanol–water partition coefficient (Wildman–Crippen LogP) is 1.88. The van der Waals surface area contributed by atoms with Gasteiger partial charge in [0.15, 0.2) is 0 Å². The van der Waals surface area contributed by atoms with Crippen LogP contribution in [0.2, 0.25) is 0 Å². The molecule has 0 aromatic rings. The molecule has 18 heavy (non-hydrogen) atoms. The van der Waals surface area contributed by atoms with Crippen LogP contribution in [0.3, 0.4) is 0 Å². The standard InChI is InChI=1S/C14H25NO3/c1-13(2)7-5-8-14(13,12(16)17-3)15-10-11-6-4-9-18-11/h11,15H,4-10H2,1-3H3. The quantitative estimate of drug-likeness (QED) is 0.779. The molecule has 0 spiro atoms. The van der Waals surface area contributed by atoms with Gasteiger partial charge in [-0.25, -0.2) is 0 Å². The van der Waals surface area contributed by atoms with E-state index in [0.717, 1.165) is 45.3 Å². The smallest absolute Gasteiger partial charge is 0.326 e. The van der Waals surface area contributed by atoms with Gasteiger partial charge in [0.1, 0.15) is 5.54 Å². The molecule has 104 valence electrons. The van der Waals surface area contributed by atoms with Crippen LogP contribution in [0.15, 0.2) is 0 Å². The largest absolute Gasteiger partial charge is 0.468 e. The van der Waals surface area contributed by atoms with Crippen molar-refractivity contribution < 1.29 is 14.3 Å². The van der Waals surface area contributed by atoms with Crippen LogP contribution < -0.4 is 5.32 Å². The molecular formula is C14H25NO3. The maximum Gasteiger partial charge on any atom is 0.326 e. The van der Waals surface area contributed by atoms with Crippen LogP contribution >= 0.6 is 0 Å². The second-order valence-corrected chi connectivity index (χ2v) is 6.15. The monoisotopic (exact) mass is 255 g/mol. The normalized spacial score (nSPS) is 34.7. The molecule has 0 bridgehead atoms. The number of methoxy groups -OCH3 is 1. The fourth-order valence-corrected chi connectivity index (χ4v) is 3.39. The maximum atomic E-state index is 12.2. The van der Waals surface area contributed by atoms with Gasteiger partial charge in [-0.2, -0.15) is 0 Å². The minimum absolute atomic E-state index is 0.0568. The predicted molar refractivity (Wildman–Crippen MR) is 69.4 cm³/mol. The second-order valence-electron chi connectivity index (χ2n) is 6.15. The molecule has 0 radical (unpaired) electrons. The number of ether oxygens (including phenoxy) is 2. The van der Waals surface area contributed by atoms with Gasteiger partial charge in [-0.15, -0.1) is 0 Å². The molecular weight excluding hydrogens is 230 g/mol. The minimum atomic E-state index is -0.534. The third-order valence-electron chi connectivity index (χ3n) is 4.70. The lowest BCUT2D eigenvalue weighted by atomic mass is 9.74. The highest BCUT2D eigenvalue weighted by molar-refractivity contribution is 5.82. The van der Waals surface area contributed by atoms with E-state index < -0.39 is 5.54 Å². The van der Waals surface area contributed by atoms with Crippen LogP contribution in [-0.4, -0.2) is 37.9 Å². The molecule has 0 aromatic heterocycles. The van der Waals surface area contributed by atoms with Crippen LogP contribution in [0, 0.1) is 5.41 Å². The molecule has 4 nitrogen and oxygen atoms in total. The fourth-order valence-electron chi connectivity index (χ4n) is 3.39. The zero-order chi connectivity index (χ0) is 13.2. The molecule has 2 aliphatic rings. The number of rotatable bonds is 4. The molecule has 0 amide bonds. The highest BCUT2D eigenvalue weighted by Gasteiger charge is 2.55. The van der Waals surface area contributed by atoms with E-state index in [-0.39, 0.29) is 17.5 Å². The molecule has 2 rings (SSSR count). The molecule has 2 unspecified atom stereocenters. The van der Waals surface area contributed by atoms with Crippen LogP contribution in [0.4, 0.5) is 0 Å². The Morgan fingerprint density at radius 3 is 2.67 bits per heavy atom. The lowest BCUT2D eigenvalue weighted by Crippen LogP contribution is -2.60. The Labute approximate surface area is 109 Å². The molecule has 0 aromatic carbocycles. The highest BCUT2D eigenvalue weighted by atomic mass is 16.5. The van der Waals surface area contributed by atoms with Crippen molar-refractivity contribution in [3.05, 3.63) is 0 Å². The van der Waals surface area contributed by atoms with E-state index in [2.05, 4.69) is 19.2 Å². The van der Waals surface area contributed by atoms with Gasteiger partial charge in [-0.05, 0) is 31.1 Å². The number of esters is 1. The minimum Gasteiger partial charge on any atom is -0.468 e. The van der Waals surface area contributed by atoms with Gasteiger partial charge in [0.05, 0.1) is 13.2 Å². The molecule has 1 aliphatic carbocycles. The van der Waals surface area contributed by atoms with E-state index in [4.69, 9.17) is 9.47 Å². The number of hydrogen-bond acceptors (Lipinski definition) is 4. The van der Waals surface area contributed by atoms with Gasteiger partial charge in [0.2, 0.25) is 0 Å². The summed E-state index contributed by atoms with van der Waals surface area (Å²) >= 11 is 0. The first kappa shape index (κ1) is 13.8. The van der Waals surface area contributed by atoms with Gasteiger partial charge >= 0.3 is 5.97 Å². The zero-order valence-electron chi connectivity index (χ0n) is 11.8. The van der Waals surface area contributed by atoms with E-state index >= 15 is 0 Å². The Morgan fingerprint density at radius 2 is 2.17 bits per heavy atom. The Balaban J connectivity index is 2.07. The first-order valence-electron chi connectivity index (χ1n) is 6.97. The third-order valence-corrected chi connectivity index (χ3v) is 4.70. The molecule has 2 atom stereocenters. The first-order chi connectivity index (χ1) is 8.52. The van der Waals surface area contributed by atoms with Crippen molar-refractivity contribution in [2.75, 3.05) is 20.3 Å². The van der Waals surface area contributed by atoms with Gasteiger partial charge in [-0.3, -0.25) is 10.1 Å². The lowest BCUT2D eigenvalue weighted by Gasteiger charge is -2.40. The van der Waals surface area contributed by atoms with Crippen molar-refractivity contribution in [1.29, 1.82) is 0 Å². The Bertz CT molecular complexity index is 310. The van der Waals surface area contributed by atoms with E-state index in [1.165, 1.54) is 7.11 Å². The number of carbonyl (C=O) groups excluding carboxylic acids is 1. The van der Waals surface area contributed by atoms with Gasteiger partial charge < -0.3 is 9.47 Å². The van der Waals surface area contributed by atoms with Gasteiger partial charge in [-0.1, -0.05) is 20.3 Å². The topological polar surface area (TPSA) is 47.6 Å². The molecule has 2 fully saturated rings. The molecule has 1 heterocycles. The summed E-state index contributed by atoms with van der Waals surface area (Å²) in [5.41, 5.74) is -0.591. The van der Waals surface area contributed by atoms with E-state index in [1.54, 1.807) is 0 Å². The second kappa shape index (κ2) is 5.17. The molecule has 4 heteroatoms. The van der Waals surface area contributed by atoms with Crippen molar-refractivity contribution in [3.63, 3.8) is 0 Å². The Kier molecular flexibility index (Phi) is 3.97. The zero-order valence-corrected chi connectivity index (χ0v) is 11.8. The summed E-state index contributed by atoms with van der Waals surface area (Å²) in [4.78, 5) is 12.2. The van der Waals surface area contributed by atoms with Crippen molar-refractivity contribution in [3.8, 4) is 0 Å². The van der Waals surface area contributed by atoms with E-state index in [0.29, 0.717) is 0 Å². The number of hydrogen-bond donors (Lipinski definition) is 1. The lowest BCUT2D eigenvalue weighted by molar-refractivity contribution is -0.153. The molecule has 1 N–H and O–H groups in total. The van der Waals surface area contributed by atoms with Crippen molar-refractivity contribution in [1.82, 2.24) is 5.32 Å². The summed E-state index contributed by atoms with van der Waals surface area (Å²) in [6, 6.07) is 0. The third kappa shape index (κ3) is 2.28. The fraction of sp³-hybridized carbons (Fsp3) is 0.929. The molecule has 1 aliphatic heterocycles. The van der Waals surface area contributed by atoms with Crippen LogP contribution in [-0.2, 0) is 14.3 Å². The molecule has 1 saturated carbocycles. The first-order valence-corrected chi connectivity index (χ1v) is 6.97. The summed E-state index contributed by atoms with van der Waals surface area (Å²) < 4.78 is 10.7. The Hall–Kier alpha value is -0.610. The SMILES string of the molecule is COC(=O)C1(NCC2CCCO2)CCCC1(C)C. The van der Waals surface area contributed by atoms with Crippen LogP contribution in [0.5, 0.6) is 0 Å². The van der Waals surface area contributed by atoms with E-state index in [1.807, 2.05) is 0 Å². The summed E-state index contributed by atoms with van der Waals surface area (Å²) in [6.45, 7) is 5.90. The average Bonchev–Trinajstić information content (AvgIpc) is 2.94. The summed E-state index contributed by atoms with van der Waals surface area (Å²) in [5, 5.41) is 3.48. The Morgan fingerprint density at radius 1 is 1.39 bits per heavy atom. The maximum absolute atomic E-state index is 12.2. The van der Waals surface area contributed by atoms with E-state index in [9.17, 15) is 4.79 Å². The van der Waals surface area contributed by atoms with Crippen molar-refractivity contribution in [2.24, 2.45) is 5.41 Å². The van der Waals surface area contributed by atoms with Gasteiger partial charge in [0, 0.05) is 13.2 Å². The van der Waals surface area contributed by atoms with Crippen molar-refractivity contribution in [2.45, 2.75) is 57.6 Å². The van der Waals surface area contributed by atoms with Crippen molar-refractivity contribution >= 4 is 5.97 Å². The van der Waals surface area contributed by atoms with Crippen LogP contribution in [0.1, 0.15) is 46.0 Å². The molecule has 1 saturated heterocycles. The van der Waals surface area contributed by atoms with Gasteiger partial charge in [0.25, 0.3) is 0 Å². The summed E-state index contributed by atoms with van der Waals surface area (Å²) in [5.74, 6) is -0.122. The number of carbonyl (C=O) groups is 1. The summed E-state index contributed by atoms with van der Waals surface area (Å²) in [7, 11) is 1.48.